The van der Waals surface area contributed by atoms with Crippen LogP contribution in [0.5, 0.6) is 5.75 Å². The Labute approximate surface area is 157 Å². The number of aromatic hydroxyl groups is 1. The van der Waals surface area contributed by atoms with Gasteiger partial charge >= 0.3 is 0 Å². The van der Waals surface area contributed by atoms with Gasteiger partial charge in [-0.05, 0) is 17.5 Å². The zero-order valence-electron chi connectivity index (χ0n) is 15.3. The van der Waals surface area contributed by atoms with Gasteiger partial charge in [-0.15, -0.1) is 0 Å². The Hall–Kier alpha value is -3.29. The van der Waals surface area contributed by atoms with Crippen LogP contribution in [0, 0.1) is 17.5 Å². The number of H-pyrrole nitrogens is 1. The zero-order valence-corrected chi connectivity index (χ0v) is 15.3. The minimum absolute atomic E-state index is 0.0128. The van der Waals surface area contributed by atoms with Gasteiger partial charge in [-0.1, -0.05) is 20.8 Å². The van der Waals surface area contributed by atoms with Crippen molar-refractivity contribution in [2.75, 3.05) is 5.32 Å². The summed E-state index contributed by atoms with van der Waals surface area (Å²) in [5.74, 6) is -4.34. The summed E-state index contributed by atoms with van der Waals surface area (Å²) >= 11 is 0. The van der Waals surface area contributed by atoms with E-state index >= 15 is 0 Å². The number of pyridine rings is 1. The molecule has 1 heterocycles. The maximum Gasteiger partial charge on any atom is 0.261 e. The highest BCUT2D eigenvalue weighted by Crippen LogP contribution is 2.34. The van der Waals surface area contributed by atoms with E-state index in [1.165, 1.54) is 0 Å². The number of aromatic amines is 1. The molecule has 0 aliphatic heterocycles. The molecule has 0 bridgehead atoms. The number of nitrogens with one attached hydrogen (secondary N) is 2. The van der Waals surface area contributed by atoms with Crippen molar-refractivity contribution >= 4 is 22.5 Å². The molecule has 28 heavy (non-hydrogen) atoms. The van der Waals surface area contributed by atoms with Gasteiger partial charge in [0.25, 0.3) is 5.91 Å². The van der Waals surface area contributed by atoms with Crippen molar-refractivity contribution in [3.05, 3.63) is 69.3 Å². The number of carbonyl (C=O) groups excluding carboxylic acids is 1. The van der Waals surface area contributed by atoms with E-state index in [-0.39, 0.29) is 22.3 Å². The van der Waals surface area contributed by atoms with Crippen molar-refractivity contribution in [3.63, 3.8) is 0 Å². The number of aromatic nitrogens is 1. The fourth-order valence-corrected chi connectivity index (χ4v) is 2.83. The van der Waals surface area contributed by atoms with Crippen molar-refractivity contribution < 1.29 is 23.1 Å². The second-order valence-electron chi connectivity index (χ2n) is 7.40. The molecular weight excluding hydrogens is 373 g/mol. The van der Waals surface area contributed by atoms with E-state index in [2.05, 4.69) is 10.3 Å². The Morgan fingerprint density at radius 3 is 2.32 bits per heavy atom. The molecule has 1 aromatic heterocycles. The number of fused-ring (bicyclic) bond motifs is 1. The molecule has 3 aromatic rings. The van der Waals surface area contributed by atoms with Gasteiger partial charge in [0.1, 0.15) is 17.1 Å². The molecular formula is C20H17F3N2O3. The first kappa shape index (κ1) is 19.5. The number of hydrogen-bond acceptors (Lipinski definition) is 3. The van der Waals surface area contributed by atoms with E-state index < -0.39 is 39.8 Å². The van der Waals surface area contributed by atoms with Crippen molar-refractivity contribution in [1.82, 2.24) is 4.98 Å². The average Bonchev–Trinajstić information content (AvgIpc) is 2.59. The summed E-state index contributed by atoms with van der Waals surface area (Å²) in [4.78, 5) is 27.4. The number of hydrogen-bond donors (Lipinski definition) is 3. The summed E-state index contributed by atoms with van der Waals surface area (Å²) in [5, 5.41) is 12.1. The van der Waals surface area contributed by atoms with E-state index in [9.17, 15) is 27.9 Å². The third-order valence-corrected chi connectivity index (χ3v) is 4.31. The third kappa shape index (κ3) is 3.45. The standard InChI is InChI=1S/C20H17F3N2O3/c1-20(2,3)11-5-14(23)16(7-17(11)26)25-19(28)10-8-24-15-6-13(22)12(21)4-9(15)18(10)27/h4-8,26H,1-3H3,(H,24,27)(H,25,28). The van der Waals surface area contributed by atoms with Crippen LogP contribution in [-0.4, -0.2) is 16.0 Å². The first-order valence-corrected chi connectivity index (χ1v) is 8.34. The number of anilines is 1. The van der Waals surface area contributed by atoms with Gasteiger partial charge in [0.05, 0.1) is 11.2 Å². The minimum atomic E-state index is -1.23. The van der Waals surface area contributed by atoms with Gasteiger partial charge in [0.15, 0.2) is 11.6 Å². The maximum absolute atomic E-state index is 14.4. The summed E-state index contributed by atoms with van der Waals surface area (Å²) in [5.41, 5.74) is -1.75. The van der Waals surface area contributed by atoms with Gasteiger partial charge in [-0.25, -0.2) is 13.2 Å². The lowest BCUT2D eigenvalue weighted by atomic mass is 9.86. The number of phenolic OH excluding ortho intramolecular Hbond substituents is 1. The Morgan fingerprint density at radius 1 is 1.04 bits per heavy atom. The van der Waals surface area contributed by atoms with Crippen molar-refractivity contribution in [1.29, 1.82) is 0 Å². The highest BCUT2D eigenvalue weighted by atomic mass is 19.2. The fourth-order valence-electron chi connectivity index (χ4n) is 2.83. The van der Waals surface area contributed by atoms with Gasteiger partial charge in [0, 0.05) is 29.3 Å². The van der Waals surface area contributed by atoms with Gasteiger partial charge in [-0.2, -0.15) is 0 Å². The first-order valence-electron chi connectivity index (χ1n) is 8.34. The van der Waals surface area contributed by atoms with Crippen LogP contribution < -0.4 is 10.7 Å². The zero-order chi connectivity index (χ0) is 20.8. The largest absolute Gasteiger partial charge is 0.508 e. The molecule has 0 aliphatic rings. The summed E-state index contributed by atoms with van der Waals surface area (Å²) in [6.07, 6.45) is 1.03. The molecule has 3 rings (SSSR count). The predicted octanol–water partition coefficient (Wildman–Crippen LogP) is 4.20. The first-order chi connectivity index (χ1) is 13.0. The Kier molecular flexibility index (Phi) is 4.66. The Bertz CT molecular complexity index is 1160. The summed E-state index contributed by atoms with van der Waals surface area (Å²) in [6, 6.07) is 3.65. The quantitative estimate of drug-likeness (QED) is 0.613. The second kappa shape index (κ2) is 6.70. The number of benzene rings is 2. The SMILES string of the molecule is CC(C)(C)c1cc(F)c(NC(=O)c2c[nH]c3cc(F)c(F)cc3c2=O)cc1O. The lowest BCUT2D eigenvalue weighted by Gasteiger charge is -2.21. The molecule has 0 unspecified atom stereocenters. The molecule has 146 valence electrons. The molecule has 0 spiro atoms. The van der Waals surface area contributed by atoms with Crippen LogP contribution in [0.1, 0.15) is 36.7 Å². The number of halogens is 3. The highest BCUT2D eigenvalue weighted by Gasteiger charge is 2.22. The van der Waals surface area contributed by atoms with E-state index in [0.717, 1.165) is 24.4 Å². The van der Waals surface area contributed by atoms with E-state index in [1.807, 2.05) is 0 Å². The minimum Gasteiger partial charge on any atom is -0.508 e. The lowest BCUT2D eigenvalue weighted by Crippen LogP contribution is -2.23. The maximum atomic E-state index is 14.4. The number of phenols is 1. The monoisotopic (exact) mass is 390 g/mol. The van der Waals surface area contributed by atoms with Crippen LogP contribution in [0.15, 0.2) is 35.3 Å². The third-order valence-electron chi connectivity index (χ3n) is 4.31. The Balaban J connectivity index is 2.00. The smallest absolute Gasteiger partial charge is 0.261 e. The van der Waals surface area contributed by atoms with Crippen molar-refractivity contribution in [2.45, 2.75) is 26.2 Å². The molecule has 0 atom stereocenters. The van der Waals surface area contributed by atoms with Gasteiger partial charge < -0.3 is 15.4 Å². The molecule has 0 radical (unpaired) electrons. The predicted molar refractivity (Wildman–Crippen MR) is 99.2 cm³/mol. The van der Waals surface area contributed by atoms with Crippen LogP contribution in [0.3, 0.4) is 0 Å². The highest BCUT2D eigenvalue weighted by molar-refractivity contribution is 6.05. The molecule has 8 heteroatoms. The molecule has 0 fully saturated rings. The second-order valence-corrected chi connectivity index (χ2v) is 7.40. The number of amides is 1. The molecule has 3 N–H and O–H groups in total. The van der Waals surface area contributed by atoms with Gasteiger partial charge in [-0.3, -0.25) is 9.59 Å². The molecule has 5 nitrogen and oxygen atoms in total. The molecule has 2 aromatic carbocycles. The van der Waals surface area contributed by atoms with Crippen LogP contribution in [-0.2, 0) is 5.41 Å². The molecule has 1 amide bonds. The summed E-state index contributed by atoms with van der Waals surface area (Å²) < 4.78 is 41.1. The average molecular weight is 390 g/mol. The van der Waals surface area contributed by atoms with Crippen molar-refractivity contribution in [2.24, 2.45) is 0 Å². The van der Waals surface area contributed by atoms with Crippen LogP contribution >= 0.6 is 0 Å². The lowest BCUT2D eigenvalue weighted by molar-refractivity contribution is 0.102. The van der Waals surface area contributed by atoms with Crippen LogP contribution in [0.25, 0.3) is 10.9 Å². The van der Waals surface area contributed by atoms with Crippen LogP contribution in [0.4, 0.5) is 18.9 Å². The Morgan fingerprint density at radius 2 is 1.68 bits per heavy atom. The normalized spacial score (nSPS) is 11.6. The topological polar surface area (TPSA) is 82.2 Å². The van der Waals surface area contributed by atoms with Gasteiger partial charge in [0.2, 0.25) is 5.43 Å². The van der Waals surface area contributed by atoms with E-state index in [0.29, 0.717) is 11.6 Å². The fraction of sp³-hybridized carbons (Fsp3) is 0.200. The summed E-state index contributed by atoms with van der Waals surface area (Å²) in [6.45, 7) is 5.36. The van der Waals surface area contributed by atoms with E-state index in [4.69, 9.17) is 0 Å². The molecule has 0 saturated heterocycles. The number of carbonyl (C=O) groups is 1. The van der Waals surface area contributed by atoms with Crippen LogP contribution in [0.2, 0.25) is 0 Å². The van der Waals surface area contributed by atoms with Crippen molar-refractivity contribution in [3.8, 4) is 5.75 Å². The molecule has 0 saturated carbocycles. The number of rotatable bonds is 2. The molecule has 0 aliphatic carbocycles. The van der Waals surface area contributed by atoms with E-state index in [1.54, 1.807) is 20.8 Å². The summed E-state index contributed by atoms with van der Waals surface area (Å²) in [7, 11) is 0.